The van der Waals surface area contributed by atoms with Crippen molar-refractivity contribution < 1.29 is 19.4 Å². The van der Waals surface area contributed by atoms with E-state index in [1.54, 1.807) is 31.4 Å². The molecule has 0 aromatic heterocycles. The van der Waals surface area contributed by atoms with Crippen molar-refractivity contribution in [1.29, 1.82) is 0 Å². The standard InChI is InChI=1S/C23H29N3O4/c1-16(22(28)24-15-18-7-3-6-10-21(18)30-2)26-13-11-17(12-14-26)23(29)25-19-8-4-5-9-20(19)27/h3-10,16-17,27H,11-15H2,1-2H3,(H,24,28)(H,25,29). The van der Waals surface area contributed by atoms with E-state index < -0.39 is 0 Å². The Bertz CT molecular complexity index is 878. The summed E-state index contributed by atoms with van der Waals surface area (Å²) in [4.78, 5) is 27.2. The SMILES string of the molecule is COc1ccccc1CNC(=O)C(C)N1CCC(C(=O)Nc2ccccc2O)CC1. The van der Waals surface area contributed by atoms with Gasteiger partial charge in [0.15, 0.2) is 0 Å². The van der Waals surface area contributed by atoms with Crippen LogP contribution in [-0.4, -0.2) is 48.1 Å². The summed E-state index contributed by atoms with van der Waals surface area (Å²) in [5.74, 6) is 0.539. The highest BCUT2D eigenvalue weighted by molar-refractivity contribution is 5.94. The average Bonchev–Trinajstić information content (AvgIpc) is 2.78. The molecule has 1 aliphatic rings. The summed E-state index contributed by atoms with van der Waals surface area (Å²) in [6.07, 6.45) is 1.34. The van der Waals surface area contributed by atoms with Gasteiger partial charge in [-0.1, -0.05) is 30.3 Å². The Morgan fingerprint density at radius 3 is 2.50 bits per heavy atom. The molecular formula is C23H29N3O4. The number of methoxy groups -OCH3 is 1. The zero-order valence-corrected chi connectivity index (χ0v) is 17.4. The van der Waals surface area contributed by atoms with Crippen LogP contribution in [0.2, 0.25) is 0 Å². The Kier molecular flexibility index (Phi) is 7.30. The van der Waals surface area contributed by atoms with Gasteiger partial charge in [-0.25, -0.2) is 0 Å². The van der Waals surface area contributed by atoms with Crippen LogP contribution in [-0.2, 0) is 16.1 Å². The first kappa shape index (κ1) is 21.6. The van der Waals surface area contributed by atoms with Crippen LogP contribution in [0.3, 0.4) is 0 Å². The van der Waals surface area contributed by atoms with Gasteiger partial charge in [-0.15, -0.1) is 0 Å². The topological polar surface area (TPSA) is 90.9 Å². The lowest BCUT2D eigenvalue weighted by molar-refractivity contribution is -0.127. The van der Waals surface area contributed by atoms with E-state index in [1.165, 1.54) is 0 Å². The summed E-state index contributed by atoms with van der Waals surface area (Å²) in [5, 5.41) is 15.6. The van der Waals surface area contributed by atoms with Gasteiger partial charge < -0.3 is 20.5 Å². The summed E-state index contributed by atoms with van der Waals surface area (Å²) >= 11 is 0. The van der Waals surface area contributed by atoms with E-state index in [0.29, 0.717) is 38.2 Å². The summed E-state index contributed by atoms with van der Waals surface area (Å²) in [7, 11) is 1.61. The molecule has 0 saturated carbocycles. The van der Waals surface area contributed by atoms with Gasteiger partial charge in [0.05, 0.1) is 18.8 Å². The number of hydrogen-bond donors (Lipinski definition) is 3. The van der Waals surface area contributed by atoms with Gasteiger partial charge in [0.1, 0.15) is 11.5 Å². The molecule has 0 spiro atoms. The lowest BCUT2D eigenvalue weighted by Gasteiger charge is -2.34. The lowest BCUT2D eigenvalue weighted by Crippen LogP contribution is -2.49. The number of phenols is 1. The largest absolute Gasteiger partial charge is 0.506 e. The molecule has 7 heteroatoms. The van der Waals surface area contributed by atoms with Crippen LogP contribution in [0.4, 0.5) is 5.69 Å². The number of carbonyl (C=O) groups is 2. The number of likely N-dealkylation sites (tertiary alicyclic amines) is 1. The summed E-state index contributed by atoms with van der Waals surface area (Å²) in [6.45, 7) is 3.64. The zero-order chi connectivity index (χ0) is 21.5. The fraction of sp³-hybridized carbons (Fsp3) is 0.391. The quantitative estimate of drug-likeness (QED) is 0.610. The second kappa shape index (κ2) is 10.1. The van der Waals surface area contributed by atoms with E-state index in [-0.39, 0.29) is 29.5 Å². The Morgan fingerprint density at radius 2 is 1.80 bits per heavy atom. The van der Waals surface area contributed by atoms with Crippen LogP contribution in [0.15, 0.2) is 48.5 Å². The molecule has 2 aromatic carbocycles. The van der Waals surface area contributed by atoms with Crippen molar-refractivity contribution in [3.05, 3.63) is 54.1 Å². The molecular weight excluding hydrogens is 382 g/mol. The second-order valence-corrected chi connectivity index (χ2v) is 7.52. The predicted octanol–water partition coefficient (Wildman–Crippen LogP) is 2.76. The van der Waals surface area contributed by atoms with Gasteiger partial charge in [-0.3, -0.25) is 14.5 Å². The maximum Gasteiger partial charge on any atom is 0.237 e. The number of phenolic OH excluding ortho intramolecular Hbond substituents is 1. The molecule has 1 unspecified atom stereocenters. The predicted molar refractivity (Wildman–Crippen MR) is 115 cm³/mol. The Hall–Kier alpha value is -3.06. The number of aromatic hydroxyl groups is 1. The molecule has 30 heavy (non-hydrogen) atoms. The second-order valence-electron chi connectivity index (χ2n) is 7.52. The van der Waals surface area contributed by atoms with Crippen molar-refractivity contribution in [3.63, 3.8) is 0 Å². The van der Waals surface area contributed by atoms with Crippen molar-refractivity contribution in [2.24, 2.45) is 5.92 Å². The first-order chi connectivity index (χ1) is 14.5. The van der Waals surface area contributed by atoms with Crippen molar-refractivity contribution in [2.75, 3.05) is 25.5 Å². The van der Waals surface area contributed by atoms with Crippen molar-refractivity contribution in [1.82, 2.24) is 10.2 Å². The molecule has 0 radical (unpaired) electrons. The van der Waals surface area contributed by atoms with Crippen LogP contribution in [0.25, 0.3) is 0 Å². The van der Waals surface area contributed by atoms with E-state index in [2.05, 4.69) is 15.5 Å². The molecule has 2 aromatic rings. The number of rotatable bonds is 7. The molecule has 0 aliphatic carbocycles. The number of carbonyl (C=O) groups excluding carboxylic acids is 2. The highest BCUT2D eigenvalue weighted by atomic mass is 16.5. The minimum atomic E-state index is -0.276. The molecule has 3 rings (SSSR count). The van der Waals surface area contributed by atoms with Gasteiger partial charge in [0.25, 0.3) is 0 Å². The summed E-state index contributed by atoms with van der Waals surface area (Å²) in [6, 6.07) is 14.0. The van der Waals surface area contributed by atoms with Gasteiger partial charge in [-0.2, -0.15) is 0 Å². The molecule has 160 valence electrons. The number of para-hydroxylation sites is 3. The third-order valence-corrected chi connectivity index (χ3v) is 5.64. The number of nitrogens with zero attached hydrogens (tertiary/aromatic N) is 1. The third kappa shape index (κ3) is 5.30. The number of anilines is 1. The monoisotopic (exact) mass is 411 g/mol. The molecule has 2 amide bonds. The summed E-state index contributed by atoms with van der Waals surface area (Å²) < 4.78 is 5.32. The number of hydrogen-bond acceptors (Lipinski definition) is 5. The molecule has 1 aliphatic heterocycles. The van der Waals surface area contributed by atoms with Gasteiger partial charge in [-0.05, 0) is 51.1 Å². The molecule has 1 fully saturated rings. The number of ether oxygens (including phenoxy) is 1. The van der Waals surface area contributed by atoms with E-state index in [9.17, 15) is 14.7 Å². The molecule has 1 heterocycles. The Labute approximate surface area is 177 Å². The van der Waals surface area contributed by atoms with E-state index in [0.717, 1.165) is 11.3 Å². The maximum atomic E-state index is 12.6. The highest BCUT2D eigenvalue weighted by Gasteiger charge is 2.30. The average molecular weight is 412 g/mol. The fourth-order valence-corrected chi connectivity index (χ4v) is 3.71. The number of nitrogens with one attached hydrogen (secondary N) is 2. The molecule has 0 bridgehead atoms. The van der Waals surface area contributed by atoms with Crippen molar-refractivity contribution >= 4 is 17.5 Å². The lowest BCUT2D eigenvalue weighted by atomic mass is 9.94. The normalized spacial score (nSPS) is 15.9. The fourth-order valence-electron chi connectivity index (χ4n) is 3.71. The van der Waals surface area contributed by atoms with E-state index >= 15 is 0 Å². The van der Waals surface area contributed by atoms with Crippen LogP contribution < -0.4 is 15.4 Å². The molecule has 7 nitrogen and oxygen atoms in total. The zero-order valence-electron chi connectivity index (χ0n) is 17.4. The van der Waals surface area contributed by atoms with E-state index in [1.807, 2.05) is 31.2 Å². The summed E-state index contributed by atoms with van der Waals surface area (Å²) in [5.41, 5.74) is 1.36. The van der Waals surface area contributed by atoms with E-state index in [4.69, 9.17) is 4.74 Å². The van der Waals surface area contributed by atoms with Crippen LogP contribution in [0.5, 0.6) is 11.5 Å². The third-order valence-electron chi connectivity index (χ3n) is 5.64. The van der Waals surface area contributed by atoms with Crippen LogP contribution in [0.1, 0.15) is 25.3 Å². The molecule has 1 atom stereocenters. The minimum Gasteiger partial charge on any atom is -0.506 e. The number of piperidine rings is 1. The number of benzene rings is 2. The highest BCUT2D eigenvalue weighted by Crippen LogP contribution is 2.25. The molecule has 1 saturated heterocycles. The Morgan fingerprint density at radius 1 is 1.13 bits per heavy atom. The van der Waals surface area contributed by atoms with Gasteiger partial charge >= 0.3 is 0 Å². The first-order valence-corrected chi connectivity index (χ1v) is 10.2. The van der Waals surface area contributed by atoms with Crippen molar-refractivity contribution in [3.8, 4) is 11.5 Å². The molecule has 3 N–H and O–H groups in total. The van der Waals surface area contributed by atoms with Gasteiger partial charge in [0, 0.05) is 18.0 Å². The van der Waals surface area contributed by atoms with Gasteiger partial charge in [0.2, 0.25) is 11.8 Å². The van der Waals surface area contributed by atoms with Crippen LogP contribution >= 0.6 is 0 Å². The minimum absolute atomic E-state index is 0.0435. The smallest absolute Gasteiger partial charge is 0.237 e. The maximum absolute atomic E-state index is 12.6. The van der Waals surface area contributed by atoms with Crippen molar-refractivity contribution in [2.45, 2.75) is 32.4 Å². The number of amides is 2. The first-order valence-electron chi connectivity index (χ1n) is 10.2. The Balaban J connectivity index is 1.47. The van der Waals surface area contributed by atoms with Crippen LogP contribution in [0, 0.1) is 5.92 Å².